The van der Waals surface area contributed by atoms with Crippen molar-refractivity contribution in [3.05, 3.63) is 93.6 Å². The van der Waals surface area contributed by atoms with Crippen LogP contribution in [0.3, 0.4) is 0 Å². The molecule has 9 nitrogen and oxygen atoms in total. The van der Waals surface area contributed by atoms with Crippen LogP contribution in [0.15, 0.2) is 78.1 Å². The Morgan fingerprint density at radius 2 is 1.92 bits per heavy atom. The van der Waals surface area contributed by atoms with Gasteiger partial charge in [-0.05, 0) is 48.9 Å². The van der Waals surface area contributed by atoms with E-state index < -0.39 is 10.8 Å². The molecule has 0 unspecified atom stereocenters. The Kier molecular flexibility index (Phi) is 6.45. The van der Waals surface area contributed by atoms with Crippen molar-refractivity contribution >= 4 is 51.5 Å². The Balaban J connectivity index is 1.45. The molecular formula is C25H19ClN6O3S. The smallest absolute Gasteiger partial charge is 0.293 e. The Morgan fingerprint density at radius 3 is 2.69 bits per heavy atom. The summed E-state index contributed by atoms with van der Waals surface area (Å²) in [4.78, 5) is 26.8. The largest absolute Gasteiger partial charge is 0.360 e. The van der Waals surface area contributed by atoms with Gasteiger partial charge in [0.25, 0.3) is 5.69 Å². The number of carbonyl (C=O) groups excluding carboxylic acids is 1. The number of fused-ring (bicyclic) bond motifs is 1. The van der Waals surface area contributed by atoms with Crippen LogP contribution in [0.4, 0.5) is 11.4 Å². The highest BCUT2D eigenvalue weighted by atomic mass is 35.5. The number of aromatic nitrogens is 4. The van der Waals surface area contributed by atoms with Gasteiger partial charge < -0.3 is 10.3 Å². The van der Waals surface area contributed by atoms with E-state index in [0.29, 0.717) is 16.0 Å². The van der Waals surface area contributed by atoms with Gasteiger partial charge in [0.15, 0.2) is 11.0 Å². The van der Waals surface area contributed by atoms with Gasteiger partial charge in [-0.2, -0.15) is 0 Å². The van der Waals surface area contributed by atoms with Gasteiger partial charge in [-0.25, -0.2) is 0 Å². The second-order valence-corrected chi connectivity index (χ2v) is 9.36. The molecule has 0 saturated heterocycles. The zero-order chi connectivity index (χ0) is 25.2. The normalized spacial score (nSPS) is 11.1. The van der Waals surface area contributed by atoms with Gasteiger partial charge in [0.2, 0.25) is 5.91 Å². The Hall–Kier alpha value is -4.15. The molecule has 0 aliphatic rings. The lowest BCUT2D eigenvalue weighted by Gasteiger charge is -2.10. The van der Waals surface area contributed by atoms with Crippen molar-refractivity contribution < 1.29 is 9.72 Å². The summed E-state index contributed by atoms with van der Waals surface area (Å²) in [6, 6.07) is 19.8. The lowest BCUT2D eigenvalue weighted by Crippen LogP contribution is -2.15. The minimum Gasteiger partial charge on any atom is -0.360 e. The third-order valence-corrected chi connectivity index (χ3v) is 6.69. The van der Waals surface area contributed by atoms with E-state index in [-0.39, 0.29) is 17.1 Å². The molecule has 0 atom stereocenters. The second kappa shape index (κ2) is 9.84. The first-order valence-electron chi connectivity index (χ1n) is 10.9. The molecule has 1 amide bonds. The minimum atomic E-state index is -0.513. The number of nitrogens with one attached hydrogen (secondary N) is 2. The molecule has 2 N–H and O–H groups in total. The molecule has 0 spiro atoms. The number of hydrogen-bond donors (Lipinski definition) is 2. The van der Waals surface area contributed by atoms with Crippen LogP contribution >= 0.6 is 23.4 Å². The van der Waals surface area contributed by atoms with E-state index in [0.717, 1.165) is 27.7 Å². The molecule has 11 heteroatoms. The molecule has 0 radical (unpaired) electrons. The number of aromatic amines is 1. The SMILES string of the molecule is Cc1ccc(NC(=O)CSc2nnc(-c3c[nH]c4ccccc34)n2-c2ccc(Cl)cc2)c([N+](=O)[O-])c1. The van der Waals surface area contributed by atoms with Crippen LogP contribution in [-0.2, 0) is 4.79 Å². The molecule has 0 saturated carbocycles. The number of nitro benzene ring substituents is 1. The molecule has 0 fully saturated rings. The highest BCUT2D eigenvalue weighted by Crippen LogP contribution is 2.33. The summed E-state index contributed by atoms with van der Waals surface area (Å²) in [5.41, 5.74) is 3.33. The predicted molar refractivity (Wildman–Crippen MR) is 141 cm³/mol. The molecule has 2 heterocycles. The van der Waals surface area contributed by atoms with Crippen LogP contribution in [0.2, 0.25) is 5.02 Å². The maximum absolute atomic E-state index is 12.7. The second-order valence-electron chi connectivity index (χ2n) is 7.98. The number of hydrogen-bond acceptors (Lipinski definition) is 6. The molecule has 2 aromatic heterocycles. The summed E-state index contributed by atoms with van der Waals surface area (Å²) in [7, 11) is 0. The lowest BCUT2D eigenvalue weighted by molar-refractivity contribution is -0.384. The number of H-pyrrole nitrogens is 1. The summed E-state index contributed by atoms with van der Waals surface area (Å²) in [5.74, 6) is 0.183. The first kappa shape index (κ1) is 23.6. The zero-order valence-electron chi connectivity index (χ0n) is 18.9. The maximum Gasteiger partial charge on any atom is 0.293 e. The molecule has 180 valence electrons. The number of carbonyl (C=O) groups is 1. The molecule has 36 heavy (non-hydrogen) atoms. The van der Waals surface area contributed by atoms with Gasteiger partial charge >= 0.3 is 0 Å². The fourth-order valence-corrected chi connectivity index (χ4v) is 4.71. The third-order valence-electron chi connectivity index (χ3n) is 5.50. The van der Waals surface area contributed by atoms with Gasteiger partial charge in [-0.1, -0.05) is 47.6 Å². The van der Waals surface area contributed by atoms with Gasteiger partial charge in [0.1, 0.15) is 5.69 Å². The summed E-state index contributed by atoms with van der Waals surface area (Å²) in [6.45, 7) is 1.75. The van der Waals surface area contributed by atoms with E-state index in [1.807, 2.05) is 47.2 Å². The van der Waals surface area contributed by atoms with Crippen molar-refractivity contribution in [3.8, 4) is 17.1 Å². The first-order valence-corrected chi connectivity index (χ1v) is 12.2. The summed E-state index contributed by atoms with van der Waals surface area (Å²) in [5, 5.41) is 24.9. The molecule has 3 aromatic carbocycles. The number of amides is 1. The topological polar surface area (TPSA) is 119 Å². The Labute approximate surface area is 214 Å². The number of thioether (sulfide) groups is 1. The van der Waals surface area contributed by atoms with Crippen molar-refractivity contribution in [2.24, 2.45) is 0 Å². The first-order chi connectivity index (χ1) is 17.4. The number of nitrogens with zero attached hydrogens (tertiary/aromatic N) is 4. The average molecular weight is 519 g/mol. The van der Waals surface area contributed by atoms with Crippen molar-refractivity contribution in [3.63, 3.8) is 0 Å². The van der Waals surface area contributed by atoms with E-state index in [9.17, 15) is 14.9 Å². The van der Waals surface area contributed by atoms with E-state index in [2.05, 4.69) is 20.5 Å². The van der Waals surface area contributed by atoms with Crippen LogP contribution < -0.4 is 5.32 Å². The van der Waals surface area contributed by atoms with Crippen LogP contribution in [0, 0.1) is 17.0 Å². The predicted octanol–water partition coefficient (Wildman–Crippen LogP) is 6.02. The molecule has 0 aliphatic carbocycles. The number of halogens is 1. The Morgan fingerprint density at radius 1 is 1.14 bits per heavy atom. The molecule has 0 bridgehead atoms. The van der Waals surface area contributed by atoms with Gasteiger partial charge in [0.05, 0.1) is 10.7 Å². The molecule has 0 aliphatic heterocycles. The van der Waals surface area contributed by atoms with Crippen molar-refractivity contribution in [2.75, 3.05) is 11.1 Å². The summed E-state index contributed by atoms with van der Waals surface area (Å²) < 4.78 is 1.86. The number of rotatable bonds is 7. The fourth-order valence-electron chi connectivity index (χ4n) is 3.83. The number of benzene rings is 3. The highest BCUT2D eigenvalue weighted by molar-refractivity contribution is 7.99. The summed E-state index contributed by atoms with van der Waals surface area (Å²) in [6.07, 6.45) is 1.87. The van der Waals surface area contributed by atoms with Crippen LogP contribution in [0.25, 0.3) is 28.0 Å². The van der Waals surface area contributed by atoms with E-state index in [1.54, 1.807) is 25.1 Å². The van der Waals surface area contributed by atoms with Crippen molar-refractivity contribution in [1.29, 1.82) is 0 Å². The third kappa shape index (κ3) is 4.68. The Bertz CT molecular complexity index is 1600. The van der Waals surface area contributed by atoms with Crippen LogP contribution in [-0.4, -0.2) is 36.3 Å². The van der Waals surface area contributed by atoms with Crippen molar-refractivity contribution in [2.45, 2.75) is 12.1 Å². The molecule has 5 rings (SSSR count). The molecule has 5 aromatic rings. The van der Waals surface area contributed by atoms with Crippen molar-refractivity contribution in [1.82, 2.24) is 19.7 Å². The average Bonchev–Trinajstić information content (AvgIpc) is 3.48. The standard InChI is InChI=1S/C25H19ClN6O3S/c1-15-6-11-21(22(12-15)32(34)35)28-23(33)14-36-25-30-29-24(31(25)17-9-7-16(26)8-10-17)19-13-27-20-5-3-2-4-18(19)20/h2-13,27H,14H2,1H3,(H,28,33). The monoisotopic (exact) mass is 518 g/mol. The minimum absolute atomic E-state index is 0.0232. The number of aryl methyl sites for hydroxylation is 1. The van der Waals surface area contributed by atoms with Gasteiger partial charge in [0, 0.05) is 39.4 Å². The van der Waals surface area contributed by atoms with Gasteiger partial charge in [-0.3, -0.25) is 19.5 Å². The highest BCUT2D eigenvalue weighted by Gasteiger charge is 2.21. The number of anilines is 1. The van der Waals surface area contributed by atoms with E-state index in [4.69, 9.17) is 11.6 Å². The van der Waals surface area contributed by atoms with E-state index in [1.165, 1.54) is 23.9 Å². The maximum atomic E-state index is 12.7. The van der Waals surface area contributed by atoms with Gasteiger partial charge in [-0.15, -0.1) is 10.2 Å². The quantitative estimate of drug-likeness (QED) is 0.154. The zero-order valence-corrected chi connectivity index (χ0v) is 20.5. The molecular weight excluding hydrogens is 500 g/mol. The number of para-hydroxylation sites is 1. The van der Waals surface area contributed by atoms with Crippen LogP contribution in [0.5, 0.6) is 0 Å². The van der Waals surface area contributed by atoms with E-state index >= 15 is 0 Å². The fraction of sp³-hybridized carbons (Fsp3) is 0.0800. The van der Waals surface area contributed by atoms with Crippen LogP contribution in [0.1, 0.15) is 5.56 Å². The summed E-state index contributed by atoms with van der Waals surface area (Å²) >= 11 is 7.28. The number of nitro groups is 1. The lowest BCUT2D eigenvalue weighted by atomic mass is 10.1.